The minimum absolute atomic E-state index is 0.00783. The maximum Gasteiger partial charge on any atom is 0.242 e. The van der Waals surface area contributed by atoms with E-state index in [0.29, 0.717) is 22.3 Å². The Hall–Kier alpha value is -5.25. The van der Waals surface area contributed by atoms with Gasteiger partial charge in [0, 0.05) is 33.1 Å². The van der Waals surface area contributed by atoms with E-state index in [1.807, 2.05) is 115 Å². The van der Waals surface area contributed by atoms with Crippen LogP contribution in [0.15, 0.2) is 137 Å². The van der Waals surface area contributed by atoms with Crippen LogP contribution in [0, 0.1) is 0 Å². The number of Topliss-reactive ketones (excluding diaryl/α,β-unsaturated/α-hetero) is 1. The summed E-state index contributed by atoms with van der Waals surface area (Å²) >= 11 is 6.96. The molecule has 1 aromatic heterocycles. The van der Waals surface area contributed by atoms with Crippen LogP contribution in [-0.2, 0) is 4.79 Å². The molecule has 45 heavy (non-hydrogen) atoms. The maximum absolute atomic E-state index is 13.7. The molecule has 1 heterocycles. The van der Waals surface area contributed by atoms with Crippen LogP contribution in [-0.4, -0.2) is 21.8 Å². The Labute approximate surface area is 270 Å². The zero-order valence-corrected chi connectivity index (χ0v) is 25.8. The summed E-state index contributed by atoms with van der Waals surface area (Å²) in [4.78, 5) is 30.7. The molecule has 0 spiro atoms. The molecular weight excluding hydrogens is 601 g/mol. The number of nitrogens with one attached hydrogen (secondary N) is 3. The second-order valence-electron chi connectivity index (χ2n) is 10.2. The van der Waals surface area contributed by atoms with Crippen molar-refractivity contribution >= 4 is 68.9 Å². The molecule has 0 bridgehead atoms. The maximum atomic E-state index is 13.7. The average molecular weight is 629 g/mol. The number of carbonyl (C=O) groups excluding carboxylic acids is 2. The summed E-state index contributed by atoms with van der Waals surface area (Å²) in [5.41, 5.74) is 6.08. The Morgan fingerprint density at radius 2 is 1.40 bits per heavy atom. The summed E-state index contributed by atoms with van der Waals surface area (Å²) in [7, 11) is 0. The molecule has 5 aromatic carbocycles. The number of hydrogen-bond acceptors (Lipinski definition) is 6. The monoisotopic (exact) mass is 628 g/mol. The first kappa shape index (κ1) is 29.8. The molecule has 222 valence electrons. The zero-order valence-electron chi connectivity index (χ0n) is 24.2. The van der Waals surface area contributed by atoms with Crippen molar-refractivity contribution in [2.75, 3.05) is 16.0 Å². The lowest BCUT2D eigenvalue weighted by molar-refractivity contribution is -0.115. The van der Waals surface area contributed by atoms with E-state index in [1.165, 1.54) is 18.7 Å². The minimum Gasteiger partial charge on any atom is -0.436 e. The molecule has 6 rings (SSSR count). The summed E-state index contributed by atoms with van der Waals surface area (Å²) in [6.07, 6.45) is 0. The van der Waals surface area contributed by atoms with Crippen LogP contribution in [0.25, 0.3) is 22.6 Å². The van der Waals surface area contributed by atoms with Crippen molar-refractivity contribution in [1.29, 1.82) is 0 Å². The van der Waals surface area contributed by atoms with Gasteiger partial charge in [0.05, 0.1) is 0 Å². The van der Waals surface area contributed by atoms with Crippen LogP contribution in [0.1, 0.15) is 28.1 Å². The second-order valence-corrected chi connectivity index (χ2v) is 11.8. The predicted molar refractivity (Wildman–Crippen MR) is 186 cm³/mol. The van der Waals surface area contributed by atoms with Crippen molar-refractivity contribution in [3.63, 3.8) is 0 Å². The summed E-state index contributed by atoms with van der Waals surface area (Å²) < 4.78 is 5.88. The van der Waals surface area contributed by atoms with Gasteiger partial charge in [0.15, 0.2) is 16.5 Å². The Morgan fingerprint density at radius 3 is 2.13 bits per heavy atom. The van der Waals surface area contributed by atoms with E-state index >= 15 is 0 Å². The SMILES string of the molecule is CC(=O)c1ccc(NC(=S)Nc2cccc(SC(C(=O)Nc3ccc(-c4nc5ccccc5o4)cc3)c3ccccc3)c2)cc1. The van der Waals surface area contributed by atoms with Gasteiger partial charge in [0.2, 0.25) is 11.8 Å². The van der Waals surface area contributed by atoms with Gasteiger partial charge in [-0.2, -0.15) is 0 Å². The topological polar surface area (TPSA) is 96.3 Å². The lowest BCUT2D eigenvalue weighted by atomic mass is 10.1. The van der Waals surface area contributed by atoms with Crippen molar-refractivity contribution in [2.24, 2.45) is 0 Å². The third kappa shape index (κ3) is 7.46. The lowest BCUT2D eigenvalue weighted by Gasteiger charge is -2.18. The number of oxazole rings is 1. The van der Waals surface area contributed by atoms with E-state index in [4.69, 9.17) is 16.6 Å². The smallest absolute Gasteiger partial charge is 0.242 e. The molecule has 7 nitrogen and oxygen atoms in total. The van der Waals surface area contributed by atoms with Crippen LogP contribution in [0.2, 0.25) is 0 Å². The highest BCUT2D eigenvalue weighted by Gasteiger charge is 2.22. The lowest BCUT2D eigenvalue weighted by Crippen LogP contribution is -2.19. The fourth-order valence-corrected chi connectivity index (χ4v) is 5.98. The predicted octanol–water partition coefficient (Wildman–Crippen LogP) is 8.98. The highest BCUT2D eigenvalue weighted by Crippen LogP contribution is 2.37. The van der Waals surface area contributed by atoms with Crippen LogP contribution in [0.3, 0.4) is 0 Å². The molecule has 0 saturated heterocycles. The number of para-hydroxylation sites is 2. The fourth-order valence-electron chi connectivity index (χ4n) is 4.67. The van der Waals surface area contributed by atoms with E-state index in [-0.39, 0.29) is 11.7 Å². The molecule has 0 aliphatic carbocycles. The third-order valence-corrected chi connectivity index (χ3v) is 8.38. The van der Waals surface area contributed by atoms with Gasteiger partial charge in [-0.25, -0.2) is 4.98 Å². The highest BCUT2D eigenvalue weighted by molar-refractivity contribution is 8.00. The number of thiocarbonyl (C=S) groups is 1. The molecule has 0 fully saturated rings. The fraction of sp³-hybridized carbons (Fsp3) is 0.0556. The van der Waals surface area contributed by atoms with E-state index < -0.39 is 5.25 Å². The van der Waals surface area contributed by atoms with Gasteiger partial charge in [0.25, 0.3) is 0 Å². The number of rotatable bonds is 9. The Bertz CT molecular complexity index is 1940. The zero-order chi connectivity index (χ0) is 31.2. The summed E-state index contributed by atoms with van der Waals surface area (Å²) in [5.74, 6) is 0.389. The largest absolute Gasteiger partial charge is 0.436 e. The number of amides is 1. The highest BCUT2D eigenvalue weighted by atomic mass is 32.2. The van der Waals surface area contributed by atoms with Crippen LogP contribution >= 0.6 is 24.0 Å². The quantitative estimate of drug-likeness (QED) is 0.0830. The number of ketones is 1. The van der Waals surface area contributed by atoms with Crippen molar-refractivity contribution in [3.8, 4) is 11.5 Å². The van der Waals surface area contributed by atoms with Crippen LogP contribution < -0.4 is 16.0 Å². The van der Waals surface area contributed by atoms with E-state index in [0.717, 1.165) is 38.5 Å². The van der Waals surface area contributed by atoms with Crippen molar-refractivity contribution < 1.29 is 14.0 Å². The van der Waals surface area contributed by atoms with Crippen LogP contribution in [0.5, 0.6) is 0 Å². The molecule has 0 aliphatic heterocycles. The molecule has 6 aromatic rings. The Kier molecular flexibility index (Phi) is 9.00. The Balaban J connectivity index is 1.14. The first-order valence-corrected chi connectivity index (χ1v) is 15.5. The van der Waals surface area contributed by atoms with Gasteiger partial charge >= 0.3 is 0 Å². The van der Waals surface area contributed by atoms with E-state index in [2.05, 4.69) is 20.9 Å². The molecule has 0 radical (unpaired) electrons. The molecule has 1 atom stereocenters. The van der Waals surface area contributed by atoms with Crippen molar-refractivity contribution in [3.05, 3.63) is 139 Å². The van der Waals surface area contributed by atoms with E-state index in [1.54, 1.807) is 12.1 Å². The molecule has 3 N–H and O–H groups in total. The first-order chi connectivity index (χ1) is 21.9. The number of anilines is 3. The summed E-state index contributed by atoms with van der Waals surface area (Å²) in [6.45, 7) is 1.53. The standard InChI is InChI=1S/C36H28N4O3S2/c1-23(41)24-14-18-28(19-15-24)38-36(44)39-29-10-7-11-30(22-29)45-33(25-8-3-2-4-9-25)34(42)37-27-20-16-26(17-21-27)35-40-31-12-5-6-13-32(31)43-35/h2-22,33H,1H3,(H,37,42)(H2,38,39,44). The number of benzene rings is 5. The summed E-state index contributed by atoms with van der Waals surface area (Å²) in [5, 5.41) is 9.31. The molecule has 0 aliphatic rings. The molecular formula is C36H28N4O3S2. The Morgan fingerprint density at radius 1 is 0.733 bits per heavy atom. The van der Waals surface area contributed by atoms with Gasteiger partial charge in [-0.3, -0.25) is 9.59 Å². The molecule has 9 heteroatoms. The van der Waals surface area contributed by atoms with Gasteiger partial charge in [-0.05, 0) is 104 Å². The minimum atomic E-state index is -0.511. The third-order valence-electron chi connectivity index (χ3n) is 6.93. The number of aromatic nitrogens is 1. The van der Waals surface area contributed by atoms with E-state index in [9.17, 15) is 9.59 Å². The molecule has 1 amide bonds. The molecule has 0 saturated carbocycles. The van der Waals surface area contributed by atoms with Gasteiger partial charge < -0.3 is 20.4 Å². The number of nitrogens with zero attached hydrogens (tertiary/aromatic N) is 1. The van der Waals surface area contributed by atoms with Gasteiger partial charge in [0.1, 0.15) is 10.8 Å². The van der Waals surface area contributed by atoms with Crippen LogP contribution in [0.4, 0.5) is 17.1 Å². The summed E-state index contributed by atoms with van der Waals surface area (Å²) in [6, 6.07) is 39.7. The number of hydrogen-bond donors (Lipinski definition) is 3. The number of fused-ring (bicyclic) bond motifs is 1. The van der Waals surface area contributed by atoms with Crippen molar-refractivity contribution in [2.45, 2.75) is 17.1 Å². The van der Waals surface area contributed by atoms with Crippen molar-refractivity contribution in [1.82, 2.24) is 4.98 Å². The average Bonchev–Trinajstić information content (AvgIpc) is 3.49. The molecule has 1 unspecified atom stereocenters. The van der Waals surface area contributed by atoms with Gasteiger partial charge in [-0.15, -0.1) is 11.8 Å². The second kappa shape index (κ2) is 13.6. The number of thioether (sulfide) groups is 1. The normalized spacial score (nSPS) is 11.5. The number of carbonyl (C=O) groups is 2. The first-order valence-electron chi connectivity index (χ1n) is 14.2. The van der Waals surface area contributed by atoms with Gasteiger partial charge in [-0.1, -0.05) is 48.5 Å².